The molecule has 0 atom stereocenters. The first-order valence-corrected chi connectivity index (χ1v) is 4.82. The van der Waals surface area contributed by atoms with Crippen LogP contribution in [0.5, 0.6) is 0 Å². The lowest BCUT2D eigenvalue weighted by Gasteiger charge is -2.40. The van der Waals surface area contributed by atoms with E-state index in [4.69, 9.17) is 17.3 Å². The molecule has 1 aromatic rings. The molecule has 1 aliphatic carbocycles. The molecule has 1 aliphatic rings. The molecule has 0 unspecified atom stereocenters. The van der Waals surface area contributed by atoms with Gasteiger partial charge in [-0.1, -0.05) is 6.42 Å². The summed E-state index contributed by atoms with van der Waals surface area (Å²) in [5.41, 5.74) is 11.4. The van der Waals surface area contributed by atoms with E-state index in [0.717, 1.165) is 25.1 Å². The Morgan fingerprint density at radius 1 is 1.36 bits per heavy atom. The molecule has 0 radical (unpaired) electrons. The Hall–Kier alpha value is -1.30. The molecule has 1 heterocycles. The minimum Gasteiger partial charge on any atom is -0.366 e. The highest BCUT2D eigenvalue weighted by molar-refractivity contribution is 5.18. The Morgan fingerprint density at radius 3 is 2.43 bits per heavy atom. The van der Waals surface area contributed by atoms with Crippen molar-refractivity contribution in [1.82, 2.24) is 14.9 Å². The molecule has 6 heteroatoms. The van der Waals surface area contributed by atoms with Crippen LogP contribution in [0.25, 0.3) is 0 Å². The molecule has 6 nitrogen and oxygen atoms in total. The van der Waals surface area contributed by atoms with Crippen molar-refractivity contribution in [2.45, 2.75) is 25.7 Å². The van der Waals surface area contributed by atoms with Gasteiger partial charge in [0.25, 0.3) is 0 Å². The Kier molecular flexibility index (Phi) is 2.07. The molecule has 0 aromatic carbocycles. The molecule has 1 aromatic heterocycles. The first kappa shape index (κ1) is 9.26. The van der Waals surface area contributed by atoms with Gasteiger partial charge in [-0.15, -0.1) is 10.2 Å². The van der Waals surface area contributed by atoms with E-state index in [0.29, 0.717) is 6.54 Å². The molecule has 0 bridgehead atoms. The van der Waals surface area contributed by atoms with Crippen LogP contribution in [0.4, 0.5) is 5.95 Å². The van der Waals surface area contributed by atoms with Gasteiger partial charge in [-0.25, -0.2) is 4.68 Å². The van der Waals surface area contributed by atoms with Crippen LogP contribution in [0, 0.1) is 5.41 Å². The molecule has 1 fully saturated rings. The highest BCUT2D eigenvalue weighted by atomic mass is 15.4. The third-order valence-electron chi connectivity index (χ3n) is 3.17. The van der Waals surface area contributed by atoms with Gasteiger partial charge in [-0.3, -0.25) is 0 Å². The van der Waals surface area contributed by atoms with E-state index in [-0.39, 0.29) is 11.4 Å². The van der Waals surface area contributed by atoms with Crippen LogP contribution >= 0.6 is 0 Å². The Balaban J connectivity index is 2.13. The number of nitrogens with zero attached hydrogens (tertiary/aromatic N) is 3. The first-order valence-electron chi connectivity index (χ1n) is 4.82. The second-order valence-electron chi connectivity index (χ2n) is 4.08. The predicted octanol–water partition coefficient (Wildman–Crippen LogP) is -0.754. The van der Waals surface area contributed by atoms with E-state index < -0.39 is 0 Å². The monoisotopic (exact) mass is 196 g/mol. The molecule has 0 aliphatic heterocycles. The summed E-state index contributed by atoms with van der Waals surface area (Å²) in [6.45, 7) is 0.680. The summed E-state index contributed by atoms with van der Waals surface area (Å²) in [7, 11) is 0. The minimum absolute atomic E-state index is 0.191. The average molecular weight is 196 g/mol. The summed E-state index contributed by atoms with van der Waals surface area (Å²) in [5, 5.41) is 7.66. The number of hydrogen-bond donors (Lipinski definition) is 3. The smallest absolute Gasteiger partial charge is 0.240 e. The number of rotatable bonds is 3. The second-order valence-corrected chi connectivity index (χ2v) is 4.08. The topological polar surface area (TPSA) is 109 Å². The lowest BCUT2D eigenvalue weighted by molar-refractivity contribution is 0.140. The van der Waals surface area contributed by atoms with Crippen molar-refractivity contribution in [3.05, 3.63) is 5.82 Å². The van der Waals surface area contributed by atoms with Crippen LogP contribution in [0.2, 0.25) is 0 Å². The maximum Gasteiger partial charge on any atom is 0.240 e. The zero-order chi connectivity index (χ0) is 10.2. The highest BCUT2D eigenvalue weighted by Gasteiger charge is 2.37. The molecule has 0 saturated heterocycles. The summed E-state index contributed by atoms with van der Waals surface area (Å²) in [6.07, 6.45) is 4.32. The summed E-state index contributed by atoms with van der Waals surface area (Å²) in [6, 6.07) is 0. The SMILES string of the molecule is NCC1(Cc2nnc(N)n2N)CCC1. The van der Waals surface area contributed by atoms with Crippen LogP contribution in [0.15, 0.2) is 0 Å². The Morgan fingerprint density at radius 2 is 2.07 bits per heavy atom. The lowest BCUT2D eigenvalue weighted by atomic mass is 9.66. The molecular weight excluding hydrogens is 180 g/mol. The van der Waals surface area contributed by atoms with Crippen LogP contribution in [0.3, 0.4) is 0 Å². The van der Waals surface area contributed by atoms with Crippen molar-refractivity contribution < 1.29 is 0 Å². The van der Waals surface area contributed by atoms with Crippen molar-refractivity contribution >= 4 is 5.95 Å². The first-order chi connectivity index (χ1) is 6.67. The van der Waals surface area contributed by atoms with Crippen LogP contribution in [-0.2, 0) is 6.42 Å². The average Bonchev–Trinajstić information content (AvgIpc) is 2.42. The zero-order valence-corrected chi connectivity index (χ0v) is 8.11. The van der Waals surface area contributed by atoms with Crippen molar-refractivity contribution in [2.75, 3.05) is 18.1 Å². The molecule has 0 amide bonds. The van der Waals surface area contributed by atoms with E-state index in [1.165, 1.54) is 11.1 Å². The van der Waals surface area contributed by atoms with Gasteiger partial charge in [0, 0.05) is 6.42 Å². The van der Waals surface area contributed by atoms with Gasteiger partial charge in [0.1, 0.15) is 0 Å². The lowest BCUT2D eigenvalue weighted by Crippen LogP contribution is -2.40. The number of nitrogen functional groups attached to an aromatic ring is 2. The second kappa shape index (κ2) is 3.13. The van der Waals surface area contributed by atoms with E-state index in [1.807, 2.05) is 0 Å². The zero-order valence-electron chi connectivity index (χ0n) is 8.11. The summed E-state index contributed by atoms with van der Waals surface area (Å²) in [4.78, 5) is 0. The van der Waals surface area contributed by atoms with Crippen LogP contribution in [-0.4, -0.2) is 21.4 Å². The van der Waals surface area contributed by atoms with Gasteiger partial charge in [0.2, 0.25) is 5.95 Å². The minimum atomic E-state index is 0.191. The fraction of sp³-hybridized carbons (Fsp3) is 0.750. The molecule has 0 spiro atoms. The van der Waals surface area contributed by atoms with Gasteiger partial charge in [0.05, 0.1) is 0 Å². The largest absolute Gasteiger partial charge is 0.366 e. The quantitative estimate of drug-likeness (QED) is 0.551. The van der Waals surface area contributed by atoms with Crippen molar-refractivity contribution in [1.29, 1.82) is 0 Å². The third kappa shape index (κ3) is 1.31. The van der Waals surface area contributed by atoms with E-state index in [1.54, 1.807) is 0 Å². The molecule has 1 saturated carbocycles. The van der Waals surface area contributed by atoms with Gasteiger partial charge in [-0.05, 0) is 24.8 Å². The standard InChI is InChI=1S/C8H16N6/c9-5-8(2-1-3-8)4-6-12-13-7(10)14(6)11/h1-5,9,11H2,(H2,10,13). The highest BCUT2D eigenvalue weighted by Crippen LogP contribution is 2.42. The molecule has 2 rings (SSSR count). The third-order valence-corrected chi connectivity index (χ3v) is 3.17. The van der Waals surface area contributed by atoms with Gasteiger partial charge < -0.3 is 17.3 Å². The van der Waals surface area contributed by atoms with Crippen molar-refractivity contribution in [3.8, 4) is 0 Å². The summed E-state index contributed by atoms with van der Waals surface area (Å²) in [5.74, 6) is 6.65. The van der Waals surface area contributed by atoms with Crippen LogP contribution < -0.4 is 17.3 Å². The number of hydrogen-bond acceptors (Lipinski definition) is 5. The summed E-state index contributed by atoms with van der Waals surface area (Å²) < 4.78 is 1.34. The summed E-state index contributed by atoms with van der Waals surface area (Å²) >= 11 is 0. The van der Waals surface area contributed by atoms with E-state index >= 15 is 0 Å². The number of aromatic nitrogens is 3. The Labute approximate surface area is 82.4 Å². The van der Waals surface area contributed by atoms with Crippen molar-refractivity contribution in [3.63, 3.8) is 0 Å². The molecule has 14 heavy (non-hydrogen) atoms. The van der Waals surface area contributed by atoms with Crippen molar-refractivity contribution in [2.24, 2.45) is 11.1 Å². The van der Waals surface area contributed by atoms with Crippen LogP contribution in [0.1, 0.15) is 25.1 Å². The number of anilines is 1. The number of nitrogens with two attached hydrogens (primary N) is 3. The maximum absolute atomic E-state index is 5.74. The fourth-order valence-electron chi connectivity index (χ4n) is 1.92. The normalized spacial score (nSPS) is 19.2. The van der Waals surface area contributed by atoms with E-state index in [9.17, 15) is 0 Å². The fourth-order valence-corrected chi connectivity index (χ4v) is 1.92. The molecule has 78 valence electrons. The van der Waals surface area contributed by atoms with Gasteiger partial charge in [0.15, 0.2) is 5.82 Å². The maximum atomic E-state index is 5.74. The molecule has 6 N–H and O–H groups in total. The predicted molar refractivity (Wildman–Crippen MR) is 53.6 cm³/mol. The van der Waals surface area contributed by atoms with Gasteiger partial charge >= 0.3 is 0 Å². The molecular formula is C8H16N6. The van der Waals surface area contributed by atoms with E-state index in [2.05, 4.69) is 10.2 Å². The Bertz CT molecular complexity index is 321. The van der Waals surface area contributed by atoms with Gasteiger partial charge in [-0.2, -0.15) is 0 Å².